The highest BCUT2D eigenvalue weighted by atomic mass is 19.1. The molecule has 0 heterocycles. The predicted octanol–water partition coefficient (Wildman–Crippen LogP) is 4.04. The number of hydrogen-bond donors (Lipinski definition) is 1. The number of esters is 2. The molecular formula is C23H23FO6. The number of carbonyl (C=O) groups is 2. The summed E-state index contributed by atoms with van der Waals surface area (Å²) in [4.78, 5) is 23.3. The molecule has 0 fully saturated rings. The zero-order valence-electron chi connectivity index (χ0n) is 16.8. The van der Waals surface area contributed by atoms with E-state index in [2.05, 4.69) is 13.2 Å². The molecule has 0 aromatic heterocycles. The average molecular weight is 414 g/mol. The molecule has 7 heteroatoms. The van der Waals surface area contributed by atoms with Crippen LogP contribution in [0.4, 0.5) is 4.39 Å². The summed E-state index contributed by atoms with van der Waals surface area (Å²) in [6, 6.07) is 10.7. The third-order valence-corrected chi connectivity index (χ3v) is 3.94. The molecule has 0 aliphatic rings. The number of benzene rings is 2. The highest BCUT2D eigenvalue weighted by Crippen LogP contribution is 2.27. The summed E-state index contributed by atoms with van der Waals surface area (Å²) in [6.45, 7) is 9.94. The lowest BCUT2D eigenvalue weighted by atomic mass is 10.0. The lowest BCUT2D eigenvalue weighted by Gasteiger charge is -2.14. The molecule has 0 aliphatic heterocycles. The van der Waals surface area contributed by atoms with Crippen LogP contribution in [-0.2, 0) is 14.3 Å². The fourth-order valence-corrected chi connectivity index (χ4v) is 2.27. The van der Waals surface area contributed by atoms with Crippen LogP contribution < -0.4 is 4.74 Å². The molecule has 2 rings (SSSR count). The molecule has 0 aliphatic carbocycles. The number of aliphatic hydroxyl groups excluding tert-OH is 1. The Balaban J connectivity index is 1.97. The molecule has 0 bridgehead atoms. The second-order valence-corrected chi connectivity index (χ2v) is 6.59. The van der Waals surface area contributed by atoms with E-state index in [1.165, 1.54) is 19.1 Å². The van der Waals surface area contributed by atoms with Crippen LogP contribution in [0.3, 0.4) is 0 Å². The highest BCUT2D eigenvalue weighted by Gasteiger charge is 2.13. The molecule has 0 radical (unpaired) electrons. The van der Waals surface area contributed by atoms with Crippen molar-refractivity contribution in [2.45, 2.75) is 20.1 Å². The SMILES string of the molecule is C=C(C)C(=O)OCCOC(=O)c1ccc(-c2ccc(OC(O)C(=C)C)c(F)c2)cc1. The summed E-state index contributed by atoms with van der Waals surface area (Å²) in [6.07, 6.45) is -1.29. The molecule has 30 heavy (non-hydrogen) atoms. The van der Waals surface area contributed by atoms with Gasteiger partial charge in [0.05, 0.1) is 5.56 Å². The molecule has 2 aromatic rings. The smallest absolute Gasteiger partial charge is 0.338 e. The van der Waals surface area contributed by atoms with E-state index < -0.39 is 24.0 Å². The molecule has 0 saturated carbocycles. The standard InChI is InChI=1S/C23H23FO6/c1-14(2)21(25)28-11-12-29-23(27)17-7-5-16(6-8-17)18-9-10-20(19(24)13-18)30-22(26)15(3)4/h5-10,13,22,26H,1,3,11-12H2,2,4H3. The van der Waals surface area contributed by atoms with Gasteiger partial charge in [-0.25, -0.2) is 14.0 Å². The van der Waals surface area contributed by atoms with Gasteiger partial charge in [0.15, 0.2) is 11.6 Å². The number of carbonyl (C=O) groups excluding carboxylic acids is 2. The Morgan fingerprint density at radius 2 is 1.60 bits per heavy atom. The number of ether oxygens (including phenoxy) is 3. The zero-order chi connectivity index (χ0) is 22.3. The van der Waals surface area contributed by atoms with Gasteiger partial charge in [0, 0.05) is 5.57 Å². The van der Waals surface area contributed by atoms with Crippen molar-refractivity contribution in [3.63, 3.8) is 0 Å². The van der Waals surface area contributed by atoms with E-state index >= 15 is 0 Å². The lowest BCUT2D eigenvalue weighted by Crippen LogP contribution is -2.16. The van der Waals surface area contributed by atoms with Crippen LogP contribution in [-0.4, -0.2) is 36.5 Å². The average Bonchev–Trinajstić information content (AvgIpc) is 2.72. The van der Waals surface area contributed by atoms with Crippen molar-refractivity contribution in [2.24, 2.45) is 0 Å². The minimum absolute atomic E-state index is 0.0662. The van der Waals surface area contributed by atoms with Crippen LogP contribution >= 0.6 is 0 Å². The van der Waals surface area contributed by atoms with Gasteiger partial charge in [0.1, 0.15) is 13.2 Å². The summed E-state index contributed by atoms with van der Waals surface area (Å²) in [5, 5.41) is 9.64. The van der Waals surface area contributed by atoms with E-state index in [0.717, 1.165) is 0 Å². The van der Waals surface area contributed by atoms with Crippen molar-refractivity contribution < 1.29 is 33.3 Å². The largest absolute Gasteiger partial charge is 0.459 e. The van der Waals surface area contributed by atoms with Crippen molar-refractivity contribution in [1.82, 2.24) is 0 Å². The van der Waals surface area contributed by atoms with Crippen molar-refractivity contribution in [3.05, 3.63) is 78.1 Å². The summed E-state index contributed by atoms with van der Waals surface area (Å²) in [5.74, 6) is -1.85. The van der Waals surface area contributed by atoms with E-state index in [-0.39, 0.29) is 24.5 Å². The topological polar surface area (TPSA) is 82.1 Å². The number of aliphatic hydroxyl groups is 1. The van der Waals surface area contributed by atoms with Gasteiger partial charge in [-0.3, -0.25) is 0 Å². The highest BCUT2D eigenvalue weighted by molar-refractivity contribution is 5.90. The van der Waals surface area contributed by atoms with Crippen molar-refractivity contribution in [3.8, 4) is 16.9 Å². The molecule has 1 unspecified atom stereocenters. The Labute approximate surface area is 174 Å². The Bertz CT molecular complexity index is 949. The molecule has 2 aromatic carbocycles. The molecule has 6 nitrogen and oxygen atoms in total. The number of rotatable bonds is 9. The fraction of sp³-hybridized carbons (Fsp3) is 0.217. The summed E-state index contributed by atoms with van der Waals surface area (Å²) >= 11 is 0. The molecule has 0 spiro atoms. The summed E-state index contributed by atoms with van der Waals surface area (Å²) in [5.41, 5.74) is 2.16. The molecule has 0 amide bonds. The van der Waals surface area contributed by atoms with Gasteiger partial charge in [0.2, 0.25) is 6.29 Å². The second kappa shape index (κ2) is 10.4. The second-order valence-electron chi connectivity index (χ2n) is 6.59. The maximum absolute atomic E-state index is 14.3. The van der Waals surface area contributed by atoms with E-state index in [4.69, 9.17) is 14.2 Å². The van der Waals surface area contributed by atoms with E-state index in [9.17, 15) is 19.1 Å². The van der Waals surface area contributed by atoms with Gasteiger partial charge in [-0.2, -0.15) is 0 Å². The Hall–Kier alpha value is -3.45. The van der Waals surface area contributed by atoms with Crippen LogP contribution in [0.1, 0.15) is 24.2 Å². The normalized spacial score (nSPS) is 11.3. The molecule has 0 saturated heterocycles. The van der Waals surface area contributed by atoms with Crippen molar-refractivity contribution >= 4 is 11.9 Å². The van der Waals surface area contributed by atoms with Crippen molar-refractivity contribution in [2.75, 3.05) is 13.2 Å². The van der Waals surface area contributed by atoms with Gasteiger partial charge in [-0.05, 0) is 54.8 Å². The van der Waals surface area contributed by atoms with Crippen LogP contribution in [0.2, 0.25) is 0 Å². The first-order valence-corrected chi connectivity index (χ1v) is 9.09. The molecule has 1 N–H and O–H groups in total. The van der Waals surface area contributed by atoms with E-state index in [0.29, 0.717) is 22.3 Å². The van der Waals surface area contributed by atoms with Crippen LogP contribution in [0.5, 0.6) is 5.75 Å². The van der Waals surface area contributed by atoms with Crippen LogP contribution in [0, 0.1) is 5.82 Å². The minimum Gasteiger partial charge on any atom is -0.459 e. The first-order valence-electron chi connectivity index (χ1n) is 9.09. The number of hydrogen-bond acceptors (Lipinski definition) is 6. The maximum atomic E-state index is 14.3. The predicted molar refractivity (Wildman–Crippen MR) is 109 cm³/mol. The van der Waals surface area contributed by atoms with Crippen LogP contribution in [0.25, 0.3) is 11.1 Å². The molecule has 158 valence electrons. The first-order chi connectivity index (χ1) is 14.2. The van der Waals surface area contributed by atoms with Crippen LogP contribution in [0.15, 0.2) is 66.8 Å². The minimum atomic E-state index is -1.29. The Morgan fingerprint density at radius 3 is 2.17 bits per heavy atom. The van der Waals surface area contributed by atoms with Crippen molar-refractivity contribution in [1.29, 1.82) is 0 Å². The Morgan fingerprint density at radius 1 is 1.00 bits per heavy atom. The third kappa shape index (κ3) is 6.28. The maximum Gasteiger partial charge on any atom is 0.338 e. The molecular weight excluding hydrogens is 391 g/mol. The van der Waals surface area contributed by atoms with E-state index in [1.807, 2.05) is 0 Å². The van der Waals surface area contributed by atoms with Gasteiger partial charge in [0.25, 0.3) is 0 Å². The summed E-state index contributed by atoms with van der Waals surface area (Å²) in [7, 11) is 0. The fourth-order valence-electron chi connectivity index (χ4n) is 2.27. The number of halogens is 1. The Kier molecular flexibility index (Phi) is 7.89. The van der Waals surface area contributed by atoms with Gasteiger partial charge >= 0.3 is 11.9 Å². The van der Waals surface area contributed by atoms with Gasteiger partial charge in [-0.15, -0.1) is 0 Å². The third-order valence-electron chi connectivity index (χ3n) is 3.94. The van der Waals surface area contributed by atoms with E-state index in [1.54, 1.807) is 37.3 Å². The first kappa shape index (κ1) is 22.8. The zero-order valence-corrected chi connectivity index (χ0v) is 16.8. The summed E-state index contributed by atoms with van der Waals surface area (Å²) < 4.78 is 29.3. The molecule has 1 atom stereocenters. The quantitative estimate of drug-likeness (QED) is 0.219. The van der Waals surface area contributed by atoms with Gasteiger partial charge in [-0.1, -0.05) is 31.4 Å². The monoisotopic (exact) mass is 414 g/mol. The lowest BCUT2D eigenvalue weighted by molar-refractivity contribution is -0.140. The van der Waals surface area contributed by atoms with Gasteiger partial charge < -0.3 is 19.3 Å².